The van der Waals surface area contributed by atoms with E-state index in [1.54, 1.807) is 0 Å². The van der Waals surface area contributed by atoms with Gasteiger partial charge >= 0.3 is 0 Å². The molecule has 1 aromatic rings. The number of benzene rings is 1. The first-order chi connectivity index (χ1) is 8.08. The highest BCUT2D eigenvalue weighted by molar-refractivity contribution is 9.10. The van der Waals surface area contributed by atoms with Gasteiger partial charge in [-0.3, -0.25) is 4.79 Å². The van der Waals surface area contributed by atoms with Crippen molar-refractivity contribution < 1.29 is 4.79 Å². The number of halogens is 1. The molecular weight excluding hydrogens is 278 g/mol. The second kappa shape index (κ2) is 6.80. The molecular formula is C14H20BrNO. The van der Waals surface area contributed by atoms with Gasteiger partial charge in [0.1, 0.15) is 0 Å². The fourth-order valence-electron chi connectivity index (χ4n) is 1.89. The van der Waals surface area contributed by atoms with E-state index in [2.05, 4.69) is 29.8 Å². The van der Waals surface area contributed by atoms with Crippen LogP contribution < -0.4 is 0 Å². The average Bonchev–Trinajstić information content (AvgIpc) is 2.33. The van der Waals surface area contributed by atoms with Crippen molar-refractivity contribution in [2.24, 2.45) is 5.92 Å². The standard InChI is InChI=1S/C14H20BrNO/c1-4-12(5-2)14(17)16(3)10-11-6-8-13(15)9-7-11/h6-9,12H,4-5,10H2,1-3H3. The zero-order valence-corrected chi connectivity index (χ0v) is 12.3. The maximum atomic E-state index is 12.1. The van der Waals surface area contributed by atoms with Gasteiger partial charge < -0.3 is 4.90 Å². The van der Waals surface area contributed by atoms with Gasteiger partial charge in [0, 0.05) is 24.0 Å². The zero-order valence-electron chi connectivity index (χ0n) is 10.7. The third kappa shape index (κ3) is 4.15. The maximum Gasteiger partial charge on any atom is 0.225 e. The Balaban J connectivity index is 2.62. The van der Waals surface area contributed by atoms with Gasteiger partial charge in [0.05, 0.1) is 0 Å². The lowest BCUT2D eigenvalue weighted by atomic mass is 10.0. The third-order valence-corrected chi connectivity index (χ3v) is 3.57. The van der Waals surface area contributed by atoms with E-state index in [0.717, 1.165) is 22.9 Å². The molecule has 0 saturated heterocycles. The molecule has 1 amide bonds. The van der Waals surface area contributed by atoms with Crippen molar-refractivity contribution in [2.45, 2.75) is 33.2 Å². The van der Waals surface area contributed by atoms with E-state index in [0.29, 0.717) is 6.54 Å². The Morgan fingerprint density at radius 2 is 1.76 bits per heavy atom. The molecule has 0 unspecified atom stereocenters. The molecule has 0 N–H and O–H groups in total. The van der Waals surface area contributed by atoms with Crippen molar-refractivity contribution >= 4 is 21.8 Å². The molecule has 0 saturated carbocycles. The molecule has 1 aromatic carbocycles. The Kier molecular flexibility index (Phi) is 5.69. The molecule has 0 bridgehead atoms. The number of carbonyl (C=O) groups excluding carboxylic acids is 1. The summed E-state index contributed by atoms with van der Waals surface area (Å²) >= 11 is 3.41. The lowest BCUT2D eigenvalue weighted by molar-refractivity contribution is -0.134. The lowest BCUT2D eigenvalue weighted by Gasteiger charge is -2.22. The Bertz CT molecular complexity index is 357. The smallest absolute Gasteiger partial charge is 0.225 e. The van der Waals surface area contributed by atoms with E-state index >= 15 is 0 Å². The number of amides is 1. The molecule has 0 spiro atoms. The Labute approximate surface area is 112 Å². The Hall–Kier alpha value is -0.830. The molecule has 0 aliphatic carbocycles. The second-order valence-electron chi connectivity index (χ2n) is 4.33. The summed E-state index contributed by atoms with van der Waals surface area (Å²) in [5, 5.41) is 0. The van der Waals surface area contributed by atoms with E-state index in [-0.39, 0.29) is 11.8 Å². The fourth-order valence-corrected chi connectivity index (χ4v) is 2.16. The third-order valence-electron chi connectivity index (χ3n) is 3.04. The van der Waals surface area contributed by atoms with Crippen LogP contribution in [0.4, 0.5) is 0 Å². The van der Waals surface area contributed by atoms with Gasteiger partial charge in [-0.05, 0) is 30.5 Å². The highest BCUT2D eigenvalue weighted by atomic mass is 79.9. The molecule has 0 aliphatic rings. The van der Waals surface area contributed by atoms with E-state index in [9.17, 15) is 4.79 Å². The Morgan fingerprint density at radius 1 is 1.24 bits per heavy atom. The summed E-state index contributed by atoms with van der Waals surface area (Å²) in [6, 6.07) is 8.09. The summed E-state index contributed by atoms with van der Waals surface area (Å²) in [5.41, 5.74) is 1.16. The summed E-state index contributed by atoms with van der Waals surface area (Å²) in [5.74, 6) is 0.411. The molecule has 94 valence electrons. The second-order valence-corrected chi connectivity index (χ2v) is 5.25. The van der Waals surface area contributed by atoms with Gasteiger partial charge in [-0.1, -0.05) is 41.9 Å². The minimum atomic E-state index is 0.162. The van der Waals surface area contributed by atoms with Crippen molar-refractivity contribution in [2.75, 3.05) is 7.05 Å². The topological polar surface area (TPSA) is 20.3 Å². The van der Waals surface area contributed by atoms with Crippen molar-refractivity contribution in [3.63, 3.8) is 0 Å². The van der Waals surface area contributed by atoms with Crippen molar-refractivity contribution in [3.05, 3.63) is 34.3 Å². The maximum absolute atomic E-state index is 12.1. The number of carbonyl (C=O) groups is 1. The number of rotatable bonds is 5. The van der Waals surface area contributed by atoms with Crippen LogP contribution >= 0.6 is 15.9 Å². The minimum Gasteiger partial charge on any atom is -0.341 e. The summed E-state index contributed by atoms with van der Waals surface area (Å²) in [6.07, 6.45) is 1.83. The molecule has 0 radical (unpaired) electrons. The fraction of sp³-hybridized carbons (Fsp3) is 0.500. The summed E-state index contributed by atoms with van der Waals surface area (Å²) < 4.78 is 1.07. The van der Waals surface area contributed by atoms with Crippen LogP contribution in [0.2, 0.25) is 0 Å². The van der Waals surface area contributed by atoms with Crippen LogP contribution in [-0.2, 0) is 11.3 Å². The largest absolute Gasteiger partial charge is 0.341 e. The van der Waals surface area contributed by atoms with Crippen LogP contribution in [0.15, 0.2) is 28.7 Å². The van der Waals surface area contributed by atoms with Crippen LogP contribution in [0.3, 0.4) is 0 Å². The molecule has 0 fully saturated rings. The molecule has 2 nitrogen and oxygen atoms in total. The summed E-state index contributed by atoms with van der Waals surface area (Å²) in [4.78, 5) is 13.9. The van der Waals surface area contributed by atoms with Crippen molar-refractivity contribution in [1.29, 1.82) is 0 Å². The van der Waals surface area contributed by atoms with E-state index in [4.69, 9.17) is 0 Å². The van der Waals surface area contributed by atoms with Crippen molar-refractivity contribution in [3.8, 4) is 0 Å². The van der Waals surface area contributed by atoms with Gasteiger partial charge in [0.25, 0.3) is 0 Å². The lowest BCUT2D eigenvalue weighted by Crippen LogP contribution is -2.32. The monoisotopic (exact) mass is 297 g/mol. The normalized spacial score (nSPS) is 10.6. The highest BCUT2D eigenvalue weighted by Crippen LogP contribution is 2.15. The molecule has 0 aromatic heterocycles. The van der Waals surface area contributed by atoms with Gasteiger partial charge in [-0.2, -0.15) is 0 Å². The molecule has 3 heteroatoms. The van der Waals surface area contributed by atoms with Crippen LogP contribution in [0.1, 0.15) is 32.3 Å². The first kappa shape index (κ1) is 14.2. The van der Waals surface area contributed by atoms with Crippen LogP contribution in [-0.4, -0.2) is 17.9 Å². The van der Waals surface area contributed by atoms with E-state index < -0.39 is 0 Å². The first-order valence-corrected chi connectivity index (χ1v) is 6.87. The van der Waals surface area contributed by atoms with Gasteiger partial charge in [-0.25, -0.2) is 0 Å². The molecule has 1 rings (SSSR count). The van der Waals surface area contributed by atoms with Gasteiger partial charge in [0.15, 0.2) is 0 Å². The number of nitrogens with zero attached hydrogens (tertiary/aromatic N) is 1. The number of hydrogen-bond acceptors (Lipinski definition) is 1. The van der Waals surface area contributed by atoms with Crippen molar-refractivity contribution in [1.82, 2.24) is 4.90 Å². The Morgan fingerprint density at radius 3 is 2.24 bits per heavy atom. The van der Waals surface area contributed by atoms with E-state index in [1.807, 2.05) is 36.2 Å². The molecule has 0 heterocycles. The predicted octanol–water partition coefficient (Wildman–Crippen LogP) is 3.84. The zero-order chi connectivity index (χ0) is 12.8. The van der Waals surface area contributed by atoms with Crippen LogP contribution in [0.25, 0.3) is 0 Å². The summed E-state index contributed by atoms with van der Waals surface area (Å²) in [6.45, 7) is 4.82. The van der Waals surface area contributed by atoms with E-state index in [1.165, 1.54) is 0 Å². The molecule has 0 atom stereocenters. The first-order valence-electron chi connectivity index (χ1n) is 6.07. The summed E-state index contributed by atoms with van der Waals surface area (Å²) in [7, 11) is 1.88. The highest BCUT2D eigenvalue weighted by Gasteiger charge is 2.18. The van der Waals surface area contributed by atoms with Crippen LogP contribution in [0.5, 0.6) is 0 Å². The average molecular weight is 298 g/mol. The van der Waals surface area contributed by atoms with Gasteiger partial charge in [0.2, 0.25) is 5.91 Å². The van der Waals surface area contributed by atoms with Gasteiger partial charge in [-0.15, -0.1) is 0 Å². The minimum absolute atomic E-state index is 0.162. The molecule has 0 aliphatic heterocycles. The predicted molar refractivity (Wildman–Crippen MR) is 74.7 cm³/mol. The molecule has 17 heavy (non-hydrogen) atoms. The quantitative estimate of drug-likeness (QED) is 0.808. The van der Waals surface area contributed by atoms with Crippen LogP contribution in [0, 0.1) is 5.92 Å². The number of hydrogen-bond donors (Lipinski definition) is 0. The SMILES string of the molecule is CCC(CC)C(=O)N(C)Cc1ccc(Br)cc1.